The third-order valence-electron chi connectivity index (χ3n) is 4.86. The number of anilines is 3. The number of aliphatic hydroxyl groups is 1. The highest BCUT2D eigenvalue weighted by Gasteiger charge is 2.27. The summed E-state index contributed by atoms with van der Waals surface area (Å²) < 4.78 is 123. The van der Waals surface area contributed by atoms with Crippen LogP contribution in [0.2, 0.25) is 0 Å². The first-order chi connectivity index (χ1) is 18.9. The van der Waals surface area contributed by atoms with Crippen molar-refractivity contribution in [2.24, 2.45) is 0 Å². The molecule has 1 aromatic carbocycles. The molecule has 2 aromatic heterocycles. The Hall–Kier alpha value is -2.92. The Labute approximate surface area is 194 Å². The lowest BCUT2D eigenvalue weighted by Crippen LogP contribution is -2.29. The highest BCUT2D eigenvalue weighted by molar-refractivity contribution is 5.76. The van der Waals surface area contributed by atoms with Crippen molar-refractivity contribution in [2.45, 2.75) is 50.1 Å². The highest BCUT2D eigenvalue weighted by Crippen LogP contribution is 2.32. The normalized spacial score (nSPS) is 39.3. The molecule has 8 nitrogen and oxygen atoms in total. The first-order valence-corrected chi connectivity index (χ1v) is 9.54. The fourth-order valence-corrected chi connectivity index (χ4v) is 3.41. The van der Waals surface area contributed by atoms with Crippen LogP contribution in [0.4, 0.5) is 30.8 Å². The van der Waals surface area contributed by atoms with Crippen molar-refractivity contribution in [3.63, 3.8) is 0 Å². The molecule has 0 radical (unpaired) electrons. The number of hydrogen-bond acceptors (Lipinski definition) is 7. The largest absolute Gasteiger partial charge is 0.393 e. The van der Waals surface area contributed by atoms with Crippen molar-refractivity contribution in [3.8, 4) is 0 Å². The fourth-order valence-electron chi connectivity index (χ4n) is 3.41. The molecule has 32 heavy (non-hydrogen) atoms. The maximum atomic E-state index is 14.4. The summed E-state index contributed by atoms with van der Waals surface area (Å²) in [6.45, 7) is 0.444. The van der Waals surface area contributed by atoms with Crippen molar-refractivity contribution in [3.05, 3.63) is 35.8 Å². The molecule has 0 spiro atoms. The van der Waals surface area contributed by atoms with E-state index in [0.717, 1.165) is 6.20 Å². The van der Waals surface area contributed by atoms with Crippen LogP contribution in [-0.2, 0) is 4.74 Å². The molecule has 1 aliphatic heterocycles. The average Bonchev–Trinajstić information content (AvgIpc) is 3.51. The van der Waals surface area contributed by atoms with Crippen LogP contribution in [0.5, 0.6) is 0 Å². The molecule has 5 rings (SSSR count). The number of fused-ring (bicyclic) bond motifs is 1. The molecule has 1 saturated carbocycles. The Balaban J connectivity index is 1.61. The first kappa shape index (κ1) is 12.9. The van der Waals surface area contributed by atoms with Crippen LogP contribution < -0.4 is 10.6 Å². The highest BCUT2D eigenvalue weighted by atomic mass is 19.1. The van der Waals surface area contributed by atoms with Crippen LogP contribution >= 0.6 is 0 Å². The monoisotopic (exact) mass is 457 g/mol. The van der Waals surface area contributed by atoms with Crippen molar-refractivity contribution in [1.82, 2.24) is 19.5 Å². The van der Waals surface area contributed by atoms with Gasteiger partial charge in [-0.1, -0.05) is 0 Å². The van der Waals surface area contributed by atoms with E-state index in [1.54, 1.807) is 0 Å². The lowest BCUT2D eigenvalue weighted by molar-refractivity contribution is 0.126. The molecular weight excluding hydrogens is 425 g/mol. The predicted octanol–water partition coefficient (Wildman–Crippen LogP) is 3.66. The van der Waals surface area contributed by atoms with Gasteiger partial charge in [0.15, 0.2) is 17.3 Å². The van der Waals surface area contributed by atoms with E-state index in [4.69, 9.17) is 17.1 Å². The molecule has 0 amide bonds. The topological polar surface area (TPSA) is 97.1 Å². The van der Waals surface area contributed by atoms with Gasteiger partial charge in [0, 0.05) is 34.4 Å². The number of imidazole rings is 1. The molecule has 3 N–H and O–H groups in total. The maximum absolute atomic E-state index is 14.4. The van der Waals surface area contributed by atoms with Crippen LogP contribution in [0, 0.1) is 17.5 Å². The van der Waals surface area contributed by atoms with Crippen LogP contribution in [0.15, 0.2) is 18.3 Å². The summed E-state index contributed by atoms with van der Waals surface area (Å²) in [6.07, 6.45) is -15.5. The summed E-state index contributed by atoms with van der Waals surface area (Å²) in [4.78, 5) is 12.4. The zero-order valence-electron chi connectivity index (χ0n) is 25.3. The molecule has 4 unspecified atom stereocenters. The van der Waals surface area contributed by atoms with E-state index in [1.165, 1.54) is 4.57 Å². The van der Waals surface area contributed by atoms with Crippen molar-refractivity contribution in [1.29, 1.82) is 0 Å². The van der Waals surface area contributed by atoms with E-state index < -0.39 is 72.7 Å². The van der Waals surface area contributed by atoms with Gasteiger partial charge in [-0.05, 0) is 31.9 Å². The minimum Gasteiger partial charge on any atom is -0.393 e. The number of aromatic nitrogens is 4. The van der Waals surface area contributed by atoms with E-state index in [-0.39, 0.29) is 23.7 Å². The molecular formula is C21H23F3N6O2. The molecule has 11 heteroatoms. The standard InChI is InChI=1S/C21H23F3N6O2/c22-11-7-15(23)18(16(24)8-11)28-21-27-17-9-25-20(26-12-1-3-14(31)4-2-12)29-19(17)30(21)13-5-6-32-10-13/h7-9,12-14,31H,1-6,10H2,(H,27,28)(H,25,26,29)/i1D,2D2,3D2,4D2,12D,14D. The summed E-state index contributed by atoms with van der Waals surface area (Å²) in [5.41, 5.74) is -0.682. The predicted molar refractivity (Wildman–Crippen MR) is 111 cm³/mol. The third-order valence-corrected chi connectivity index (χ3v) is 4.86. The Morgan fingerprint density at radius 3 is 2.75 bits per heavy atom. The summed E-state index contributed by atoms with van der Waals surface area (Å²) in [6, 6.07) is -2.73. The Morgan fingerprint density at radius 2 is 2.00 bits per heavy atom. The summed E-state index contributed by atoms with van der Waals surface area (Å²) in [5, 5.41) is 15.0. The second-order valence-corrected chi connectivity index (χ2v) is 7.02. The molecule has 3 heterocycles. The van der Waals surface area contributed by atoms with E-state index in [9.17, 15) is 18.3 Å². The van der Waals surface area contributed by atoms with E-state index >= 15 is 0 Å². The van der Waals surface area contributed by atoms with Crippen molar-refractivity contribution < 1.29 is 35.4 Å². The van der Waals surface area contributed by atoms with Gasteiger partial charge in [0.1, 0.15) is 17.0 Å². The van der Waals surface area contributed by atoms with E-state index in [1.807, 2.05) is 0 Å². The number of halogens is 3. The lowest BCUT2D eigenvalue weighted by Gasteiger charge is -2.26. The second-order valence-electron chi connectivity index (χ2n) is 7.02. The van der Waals surface area contributed by atoms with E-state index in [0.29, 0.717) is 25.2 Å². The Bertz CT molecular complexity index is 1500. The second kappa shape index (κ2) is 8.55. The molecule has 3 aromatic rings. The molecule has 2 aliphatic rings. The SMILES string of the molecule is [2H]C1C([2H])([2H])C([2H])(O)C([2H])([2H])C([2H])([2H])C1([2H])Nc1ncc2nc(Nc3c(F)cc(F)cc3F)n(C3CCOC3)c2n1. The number of nitrogens with zero attached hydrogens (tertiary/aromatic N) is 4. The Morgan fingerprint density at radius 1 is 1.19 bits per heavy atom. The van der Waals surface area contributed by atoms with Gasteiger partial charge in [-0.3, -0.25) is 4.57 Å². The van der Waals surface area contributed by atoms with Gasteiger partial charge >= 0.3 is 0 Å². The minimum absolute atomic E-state index is 0.0204. The maximum Gasteiger partial charge on any atom is 0.224 e. The fraction of sp³-hybridized carbons (Fsp3) is 0.476. The van der Waals surface area contributed by atoms with Gasteiger partial charge in [0.2, 0.25) is 11.9 Å². The molecule has 1 saturated heterocycles. The van der Waals surface area contributed by atoms with Crippen LogP contribution in [0.1, 0.15) is 50.3 Å². The summed E-state index contributed by atoms with van der Waals surface area (Å²) >= 11 is 0. The molecule has 2 fully saturated rings. The van der Waals surface area contributed by atoms with Crippen molar-refractivity contribution >= 4 is 28.7 Å². The van der Waals surface area contributed by atoms with Gasteiger partial charge in [-0.2, -0.15) is 4.98 Å². The van der Waals surface area contributed by atoms with Crippen LogP contribution in [-0.4, -0.2) is 49.9 Å². The summed E-state index contributed by atoms with van der Waals surface area (Å²) in [7, 11) is 0. The number of benzene rings is 1. The molecule has 170 valence electrons. The quantitative estimate of drug-likeness (QED) is 0.538. The zero-order chi connectivity index (χ0) is 30.3. The number of rotatable bonds is 5. The van der Waals surface area contributed by atoms with Gasteiger partial charge < -0.3 is 20.5 Å². The van der Waals surface area contributed by atoms with Crippen molar-refractivity contribution in [2.75, 3.05) is 23.8 Å². The first-order valence-electron chi connectivity index (χ1n) is 14.1. The molecule has 4 atom stereocenters. The Kier molecular flexibility index (Phi) is 3.46. The molecule has 1 aliphatic carbocycles. The summed E-state index contributed by atoms with van der Waals surface area (Å²) in [5.74, 6) is -4.34. The number of hydrogen-bond donors (Lipinski definition) is 3. The van der Waals surface area contributed by atoms with Crippen LogP contribution in [0.25, 0.3) is 11.2 Å². The number of nitrogens with one attached hydrogen (secondary N) is 2. The lowest BCUT2D eigenvalue weighted by atomic mass is 9.93. The molecule has 0 bridgehead atoms. The van der Waals surface area contributed by atoms with E-state index in [2.05, 4.69) is 25.6 Å². The van der Waals surface area contributed by atoms with Crippen LogP contribution in [0.3, 0.4) is 0 Å². The van der Waals surface area contributed by atoms with Gasteiger partial charge in [0.05, 0.1) is 27.7 Å². The zero-order valence-corrected chi connectivity index (χ0v) is 16.3. The smallest absolute Gasteiger partial charge is 0.224 e. The average molecular weight is 458 g/mol. The minimum atomic E-state index is -3.74. The van der Waals surface area contributed by atoms with Gasteiger partial charge in [0.25, 0.3) is 0 Å². The van der Waals surface area contributed by atoms with Gasteiger partial charge in [-0.15, -0.1) is 0 Å². The number of ether oxygens (including phenoxy) is 1. The van der Waals surface area contributed by atoms with Gasteiger partial charge in [-0.25, -0.2) is 23.1 Å². The third kappa shape index (κ3) is 4.09.